The van der Waals surface area contributed by atoms with E-state index < -0.39 is 0 Å². The molecule has 0 saturated heterocycles. The maximum absolute atomic E-state index is 12.1. The highest BCUT2D eigenvalue weighted by Crippen LogP contribution is 2.17. The first-order chi connectivity index (χ1) is 10.6. The summed E-state index contributed by atoms with van der Waals surface area (Å²) in [5.74, 6) is 0.949. The van der Waals surface area contributed by atoms with Crippen LogP contribution < -0.4 is 15.4 Å². The summed E-state index contributed by atoms with van der Waals surface area (Å²) < 4.78 is 5.11. The van der Waals surface area contributed by atoms with Gasteiger partial charge in [0.05, 0.1) is 7.11 Å². The molecule has 0 spiro atoms. The number of carbonyl (C=O) groups excluding carboxylic acids is 1. The van der Waals surface area contributed by atoms with Gasteiger partial charge in [0.2, 0.25) is 5.95 Å². The molecule has 22 heavy (non-hydrogen) atoms. The molecule has 0 radical (unpaired) electrons. The number of amides is 1. The van der Waals surface area contributed by atoms with Gasteiger partial charge in [-0.1, -0.05) is 6.92 Å². The van der Waals surface area contributed by atoms with E-state index in [0.29, 0.717) is 11.6 Å². The van der Waals surface area contributed by atoms with Crippen molar-refractivity contribution in [3.05, 3.63) is 42.2 Å². The van der Waals surface area contributed by atoms with Crippen LogP contribution in [0.15, 0.2) is 36.5 Å². The minimum absolute atomic E-state index is 0.112. The van der Waals surface area contributed by atoms with Crippen molar-refractivity contribution in [1.82, 2.24) is 15.3 Å². The van der Waals surface area contributed by atoms with Gasteiger partial charge >= 0.3 is 0 Å². The number of aromatic nitrogens is 2. The molecule has 2 N–H and O–H groups in total. The van der Waals surface area contributed by atoms with Crippen LogP contribution in [-0.2, 0) is 0 Å². The van der Waals surface area contributed by atoms with Crippen molar-refractivity contribution >= 4 is 17.5 Å². The summed E-state index contributed by atoms with van der Waals surface area (Å²) in [6.07, 6.45) is 2.43. The minimum Gasteiger partial charge on any atom is -0.497 e. The van der Waals surface area contributed by atoms with Gasteiger partial charge in [-0.05, 0) is 43.7 Å². The number of nitrogens with one attached hydrogen (secondary N) is 2. The predicted octanol–water partition coefficient (Wildman–Crippen LogP) is 2.76. The summed E-state index contributed by atoms with van der Waals surface area (Å²) >= 11 is 0. The van der Waals surface area contributed by atoms with Crippen molar-refractivity contribution in [2.75, 3.05) is 12.4 Å². The monoisotopic (exact) mass is 300 g/mol. The molecule has 1 atom stereocenters. The summed E-state index contributed by atoms with van der Waals surface area (Å²) in [5.41, 5.74) is 1.16. The van der Waals surface area contributed by atoms with Crippen molar-refractivity contribution < 1.29 is 9.53 Å². The van der Waals surface area contributed by atoms with Gasteiger partial charge in [-0.15, -0.1) is 0 Å². The molecule has 0 aliphatic carbocycles. The molecule has 116 valence electrons. The van der Waals surface area contributed by atoms with Gasteiger partial charge in [-0.2, -0.15) is 0 Å². The first-order valence-electron chi connectivity index (χ1n) is 7.17. The number of methoxy groups -OCH3 is 1. The number of hydrogen-bond donors (Lipinski definition) is 2. The fraction of sp³-hybridized carbons (Fsp3) is 0.312. The van der Waals surface area contributed by atoms with Crippen molar-refractivity contribution in [1.29, 1.82) is 0 Å². The van der Waals surface area contributed by atoms with E-state index in [1.54, 1.807) is 19.4 Å². The fourth-order valence-electron chi connectivity index (χ4n) is 1.75. The van der Waals surface area contributed by atoms with E-state index >= 15 is 0 Å². The molecule has 1 amide bonds. The highest BCUT2D eigenvalue weighted by Gasteiger charge is 2.11. The van der Waals surface area contributed by atoms with Crippen molar-refractivity contribution in [3.63, 3.8) is 0 Å². The molecular weight excluding hydrogens is 280 g/mol. The summed E-state index contributed by atoms with van der Waals surface area (Å²) in [4.78, 5) is 20.4. The van der Waals surface area contributed by atoms with Crippen LogP contribution in [0.1, 0.15) is 30.8 Å². The zero-order chi connectivity index (χ0) is 15.9. The molecule has 0 aliphatic rings. The van der Waals surface area contributed by atoms with Gasteiger partial charge in [0.25, 0.3) is 5.91 Å². The highest BCUT2D eigenvalue weighted by atomic mass is 16.5. The Bertz CT molecular complexity index is 628. The summed E-state index contributed by atoms with van der Waals surface area (Å²) in [7, 11) is 1.62. The number of carbonyl (C=O) groups is 1. The summed E-state index contributed by atoms with van der Waals surface area (Å²) in [6, 6.07) is 9.09. The van der Waals surface area contributed by atoms with E-state index in [9.17, 15) is 4.79 Å². The molecule has 0 bridgehead atoms. The average molecular weight is 300 g/mol. The normalized spacial score (nSPS) is 11.6. The lowest BCUT2D eigenvalue weighted by Gasteiger charge is -2.11. The molecule has 6 heteroatoms. The topological polar surface area (TPSA) is 76.1 Å². The van der Waals surface area contributed by atoms with Crippen LogP contribution in [0.2, 0.25) is 0 Å². The van der Waals surface area contributed by atoms with Crippen LogP contribution in [-0.4, -0.2) is 29.0 Å². The molecule has 1 unspecified atom stereocenters. The maximum Gasteiger partial charge on any atom is 0.270 e. The van der Waals surface area contributed by atoms with E-state index in [-0.39, 0.29) is 11.9 Å². The number of ether oxygens (including phenoxy) is 1. The molecule has 0 saturated carbocycles. The molecule has 1 aromatic carbocycles. The van der Waals surface area contributed by atoms with E-state index in [2.05, 4.69) is 20.6 Å². The summed E-state index contributed by atoms with van der Waals surface area (Å²) in [6.45, 7) is 3.97. The fourth-order valence-corrected chi connectivity index (χ4v) is 1.75. The lowest BCUT2D eigenvalue weighted by atomic mass is 10.2. The Morgan fingerprint density at radius 3 is 2.64 bits per heavy atom. The molecule has 2 aromatic rings. The Hall–Kier alpha value is -2.63. The SMILES string of the molecule is CCC(C)NC(=O)c1ccnc(Nc2ccc(OC)cc2)n1. The van der Waals surface area contributed by atoms with Crippen molar-refractivity contribution in [3.8, 4) is 5.75 Å². The molecule has 2 rings (SSSR count). The quantitative estimate of drug-likeness (QED) is 0.858. The number of benzene rings is 1. The van der Waals surface area contributed by atoms with Crippen LogP contribution in [0.4, 0.5) is 11.6 Å². The second-order valence-electron chi connectivity index (χ2n) is 4.90. The second-order valence-corrected chi connectivity index (χ2v) is 4.90. The van der Waals surface area contributed by atoms with Gasteiger partial charge in [0.1, 0.15) is 11.4 Å². The lowest BCUT2D eigenvalue weighted by Crippen LogP contribution is -2.32. The second kappa shape index (κ2) is 7.40. The Morgan fingerprint density at radius 2 is 2.00 bits per heavy atom. The van der Waals surface area contributed by atoms with Crippen LogP contribution in [0.5, 0.6) is 5.75 Å². The van der Waals surface area contributed by atoms with E-state index in [4.69, 9.17) is 4.74 Å². The average Bonchev–Trinajstić information content (AvgIpc) is 2.55. The van der Waals surface area contributed by atoms with Gasteiger partial charge in [-0.25, -0.2) is 9.97 Å². The van der Waals surface area contributed by atoms with E-state index in [1.807, 2.05) is 38.1 Å². The lowest BCUT2D eigenvalue weighted by molar-refractivity contribution is 0.0934. The number of anilines is 2. The standard InChI is InChI=1S/C16H20N4O2/c1-4-11(2)18-15(21)14-9-10-17-16(20-14)19-12-5-7-13(22-3)8-6-12/h5-11H,4H2,1-3H3,(H,18,21)(H,17,19,20). The van der Waals surface area contributed by atoms with Crippen molar-refractivity contribution in [2.24, 2.45) is 0 Å². The molecular formula is C16H20N4O2. The minimum atomic E-state index is -0.200. The van der Waals surface area contributed by atoms with Gasteiger partial charge in [-0.3, -0.25) is 4.79 Å². The molecule has 6 nitrogen and oxygen atoms in total. The molecule has 0 fully saturated rings. The van der Waals surface area contributed by atoms with Gasteiger partial charge in [0.15, 0.2) is 0 Å². The zero-order valence-electron chi connectivity index (χ0n) is 13.0. The van der Waals surface area contributed by atoms with Crippen LogP contribution in [0.25, 0.3) is 0 Å². The van der Waals surface area contributed by atoms with Crippen molar-refractivity contribution in [2.45, 2.75) is 26.3 Å². The van der Waals surface area contributed by atoms with E-state index in [1.165, 1.54) is 0 Å². The third-order valence-corrected chi connectivity index (χ3v) is 3.22. The van der Waals surface area contributed by atoms with Crippen LogP contribution in [0, 0.1) is 0 Å². The molecule has 1 aromatic heterocycles. The summed E-state index contributed by atoms with van der Waals surface area (Å²) in [5, 5.41) is 5.94. The number of rotatable bonds is 6. The Morgan fingerprint density at radius 1 is 1.27 bits per heavy atom. The number of nitrogens with zero attached hydrogens (tertiary/aromatic N) is 2. The third kappa shape index (κ3) is 4.18. The molecule has 0 aliphatic heterocycles. The zero-order valence-corrected chi connectivity index (χ0v) is 13.0. The Kier molecular flexibility index (Phi) is 5.30. The van der Waals surface area contributed by atoms with E-state index in [0.717, 1.165) is 17.9 Å². The maximum atomic E-state index is 12.1. The first kappa shape index (κ1) is 15.8. The van der Waals surface area contributed by atoms with Crippen LogP contribution in [0.3, 0.4) is 0 Å². The largest absolute Gasteiger partial charge is 0.497 e. The van der Waals surface area contributed by atoms with Gasteiger partial charge < -0.3 is 15.4 Å². The Labute approximate surface area is 129 Å². The first-order valence-corrected chi connectivity index (χ1v) is 7.17. The predicted molar refractivity (Wildman–Crippen MR) is 85.5 cm³/mol. The smallest absolute Gasteiger partial charge is 0.270 e. The molecule has 1 heterocycles. The highest BCUT2D eigenvalue weighted by molar-refractivity contribution is 5.92. The third-order valence-electron chi connectivity index (χ3n) is 3.22. The van der Waals surface area contributed by atoms with Crippen LogP contribution >= 0.6 is 0 Å². The number of hydrogen-bond acceptors (Lipinski definition) is 5. The van der Waals surface area contributed by atoms with Gasteiger partial charge in [0, 0.05) is 17.9 Å². The Balaban J connectivity index is 2.08.